The van der Waals surface area contributed by atoms with Crippen LogP contribution in [0.15, 0.2) is 84.1 Å². The molecule has 0 saturated carbocycles. The van der Waals surface area contributed by atoms with Crippen molar-refractivity contribution in [1.29, 1.82) is 0 Å². The number of nitrogens with zero attached hydrogens (tertiary/aromatic N) is 3. The normalized spacial score (nSPS) is 13.0. The predicted octanol–water partition coefficient (Wildman–Crippen LogP) is 5.81. The Labute approximate surface area is 278 Å². The zero-order valence-electron chi connectivity index (χ0n) is 26.4. The van der Waals surface area contributed by atoms with Crippen molar-refractivity contribution in [3.63, 3.8) is 0 Å². The lowest BCUT2D eigenvalue weighted by molar-refractivity contribution is -0.124. The van der Waals surface area contributed by atoms with E-state index in [0.29, 0.717) is 32.2 Å². The molecule has 0 radical (unpaired) electrons. The number of hydrogen-bond donors (Lipinski definition) is 3. The molecule has 10 nitrogen and oxygen atoms in total. The summed E-state index contributed by atoms with van der Waals surface area (Å²) in [6, 6.07) is 18.4. The van der Waals surface area contributed by atoms with E-state index < -0.39 is 12.1 Å². The van der Waals surface area contributed by atoms with Crippen molar-refractivity contribution in [2.45, 2.75) is 70.8 Å². The van der Waals surface area contributed by atoms with E-state index in [1.165, 1.54) is 22.7 Å². The number of amides is 4. The van der Waals surface area contributed by atoms with E-state index >= 15 is 0 Å². The van der Waals surface area contributed by atoms with E-state index in [1.807, 2.05) is 74.5 Å². The molecule has 0 unspecified atom stereocenters. The molecule has 0 spiro atoms. The third-order valence-corrected chi connectivity index (χ3v) is 8.98. The van der Waals surface area contributed by atoms with Crippen LogP contribution in [-0.2, 0) is 35.5 Å². The summed E-state index contributed by atoms with van der Waals surface area (Å²) in [5.74, 6) is -0.383. The van der Waals surface area contributed by atoms with E-state index in [9.17, 15) is 14.4 Å². The van der Waals surface area contributed by atoms with Gasteiger partial charge in [0, 0.05) is 36.4 Å². The minimum absolute atomic E-state index is 0.140. The maximum absolute atomic E-state index is 13.7. The number of aromatic nitrogens is 2. The third-order valence-electron chi connectivity index (χ3n) is 7.46. The first-order valence-corrected chi connectivity index (χ1v) is 17.1. The number of benzene rings is 2. The summed E-state index contributed by atoms with van der Waals surface area (Å²) in [6.45, 7) is 4.39. The molecule has 2 heterocycles. The van der Waals surface area contributed by atoms with Gasteiger partial charge in [0.2, 0.25) is 5.91 Å². The van der Waals surface area contributed by atoms with Crippen molar-refractivity contribution < 1.29 is 19.1 Å². The lowest BCUT2D eigenvalue weighted by Crippen LogP contribution is -2.54. The topological polar surface area (TPSA) is 126 Å². The maximum atomic E-state index is 13.7. The van der Waals surface area contributed by atoms with Crippen molar-refractivity contribution in [3.05, 3.63) is 105 Å². The van der Waals surface area contributed by atoms with Crippen LogP contribution >= 0.6 is 22.7 Å². The summed E-state index contributed by atoms with van der Waals surface area (Å²) >= 11 is 2.90. The summed E-state index contributed by atoms with van der Waals surface area (Å²) in [7, 11) is 1.70. The van der Waals surface area contributed by atoms with Gasteiger partial charge in [0.1, 0.15) is 12.6 Å². The molecule has 2 aromatic heterocycles. The molecule has 2 aromatic carbocycles. The van der Waals surface area contributed by atoms with Gasteiger partial charge >= 0.3 is 12.1 Å². The number of carbonyl (C=O) groups is 3. The number of hydrogen-bond acceptors (Lipinski definition) is 8. The zero-order valence-corrected chi connectivity index (χ0v) is 28.1. The number of urea groups is 1. The van der Waals surface area contributed by atoms with E-state index in [0.717, 1.165) is 20.9 Å². The molecular weight excluding hydrogens is 621 g/mol. The highest BCUT2D eigenvalue weighted by Crippen LogP contribution is 2.16. The molecular formula is C34H42N6O4S2. The molecule has 3 atom stereocenters. The van der Waals surface area contributed by atoms with Crippen LogP contribution in [0.4, 0.5) is 9.59 Å². The Morgan fingerprint density at radius 1 is 0.783 bits per heavy atom. The number of ether oxygens (including phenoxy) is 1. The Bertz CT molecular complexity index is 1470. The van der Waals surface area contributed by atoms with Crippen LogP contribution in [0.3, 0.4) is 0 Å². The van der Waals surface area contributed by atoms with Crippen LogP contribution in [0, 0.1) is 5.92 Å². The van der Waals surface area contributed by atoms with Crippen LogP contribution < -0.4 is 16.0 Å². The minimum Gasteiger partial charge on any atom is -0.444 e. The summed E-state index contributed by atoms with van der Waals surface area (Å²) in [5.41, 5.74) is 5.60. The molecule has 4 amide bonds. The van der Waals surface area contributed by atoms with Gasteiger partial charge in [0.15, 0.2) is 0 Å². The average Bonchev–Trinajstić information content (AvgIpc) is 3.77. The maximum Gasteiger partial charge on any atom is 0.407 e. The second-order valence-electron chi connectivity index (χ2n) is 11.5. The molecule has 0 fully saturated rings. The predicted molar refractivity (Wildman–Crippen MR) is 181 cm³/mol. The quantitative estimate of drug-likeness (QED) is 0.139. The van der Waals surface area contributed by atoms with Crippen LogP contribution in [0.5, 0.6) is 0 Å². The first-order chi connectivity index (χ1) is 22.3. The van der Waals surface area contributed by atoms with Crippen LogP contribution in [0.2, 0.25) is 0 Å². The Morgan fingerprint density at radius 2 is 1.33 bits per heavy atom. The van der Waals surface area contributed by atoms with Crippen LogP contribution in [0.1, 0.15) is 47.6 Å². The van der Waals surface area contributed by atoms with Gasteiger partial charge in [-0.1, -0.05) is 74.5 Å². The number of nitrogens with one attached hydrogen (secondary N) is 3. The van der Waals surface area contributed by atoms with E-state index in [-0.39, 0.29) is 36.5 Å². The molecule has 12 heteroatoms. The Morgan fingerprint density at radius 3 is 1.85 bits per heavy atom. The fourth-order valence-corrected chi connectivity index (χ4v) is 6.16. The zero-order chi connectivity index (χ0) is 32.7. The van der Waals surface area contributed by atoms with Gasteiger partial charge in [-0.15, -0.1) is 22.7 Å². The van der Waals surface area contributed by atoms with Crippen molar-refractivity contribution in [3.8, 4) is 0 Å². The largest absolute Gasteiger partial charge is 0.444 e. The SMILES string of the molecule is CC(C)[C@H](NC(=O)N(C)Cc1cncs1)C(=O)N[C@@H](CC[C@@H](Cc1ccccc1)NC(=O)OCc1cncs1)Cc1ccccc1. The lowest BCUT2D eigenvalue weighted by atomic mass is 9.95. The lowest BCUT2D eigenvalue weighted by Gasteiger charge is -2.28. The van der Waals surface area contributed by atoms with Gasteiger partial charge in [-0.3, -0.25) is 14.8 Å². The first-order valence-electron chi connectivity index (χ1n) is 15.3. The van der Waals surface area contributed by atoms with Gasteiger partial charge < -0.3 is 25.6 Å². The van der Waals surface area contributed by atoms with Gasteiger partial charge in [-0.2, -0.15) is 0 Å². The summed E-state index contributed by atoms with van der Waals surface area (Å²) in [4.78, 5) is 51.1. The highest BCUT2D eigenvalue weighted by atomic mass is 32.1. The summed E-state index contributed by atoms with van der Waals surface area (Å²) in [5, 5.41) is 9.19. The van der Waals surface area contributed by atoms with E-state index in [4.69, 9.17) is 4.74 Å². The van der Waals surface area contributed by atoms with E-state index in [1.54, 1.807) is 35.4 Å². The molecule has 4 aromatic rings. The second kappa shape index (κ2) is 18.0. The van der Waals surface area contributed by atoms with Gasteiger partial charge in [-0.05, 0) is 42.7 Å². The van der Waals surface area contributed by atoms with Gasteiger partial charge in [0.05, 0.1) is 22.4 Å². The van der Waals surface area contributed by atoms with E-state index in [2.05, 4.69) is 25.9 Å². The summed E-state index contributed by atoms with van der Waals surface area (Å²) < 4.78 is 5.47. The minimum atomic E-state index is -0.727. The summed E-state index contributed by atoms with van der Waals surface area (Å²) in [6.07, 6.45) is 5.32. The van der Waals surface area contributed by atoms with Crippen molar-refractivity contribution in [1.82, 2.24) is 30.8 Å². The van der Waals surface area contributed by atoms with Gasteiger partial charge in [0.25, 0.3) is 0 Å². The first kappa shape index (κ1) is 34.6. The number of rotatable bonds is 16. The number of thiazole rings is 2. The van der Waals surface area contributed by atoms with Gasteiger partial charge in [-0.25, -0.2) is 9.59 Å². The van der Waals surface area contributed by atoms with Crippen LogP contribution in [-0.4, -0.2) is 58.1 Å². The molecule has 0 aliphatic rings. The molecule has 0 aliphatic heterocycles. The smallest absolute Gasteiger partial charge is 0.407 e. The Hall–Kier alpha value is -4.29. The molecule has 0 aliphatic carbocycles. The van der Waals surface area contributed by atoms with Crippen molar-refractivity contribution >= 4 is 40.7 Å². The second-order valence-corrected chi connectivity index (χ2v) is 13.5. The molecule has 4 rings (SSSR count). The third kappa shape index (κ3) is 11.6. The van der Waals surface area contributed by atoms with Crippen LogP contribution in [0.25, 0.3) is 0 Å². The Balaban J connectivity index is 1.43. The highest BCUT2D eigenvalue weighted by Gasteiger charge is 2.28. The molecule has 0 saturated heterocycles. The van der Waals surface area contributed by atoms with Crippen molar-refractivity contribution in [2.24, 2.45) is 5.92 Å². The molecule has 0 bridgehead atoms. The standard InChI is InChI=1S/C34H42N6O4S2/c1-24(2)31(39-33(42)40(3)20-29-18-35-22-45-29)32(41)37-27(16-25-10-6-4-7-11-25)14-15-28(17-26-12-8-5-9-13-26)38-34(43)44-21-30-19-36-23-46-30/h4-13,18-19,22-24,27-28,31H,14-17,20-21H2,1-3H3,(H,37,41)(H,38,43)(H,39,42)/t27-,28-,31-/m0/s1. The molecule has 3 N–H and O–H groups in total. The number of alkyl carbamates (subject to hydrolysis) is 1. The Kier molecular flexibility index (Phi) is 13.5. The fraction of sp³-hybridized carbons (Fsp3) is 0.382. The fourth-order valence-electron chi connectivity index (χ4n) is 5.00. The average molecular weight is 663 g/mol. The number of carbonyl (C=O) groups excluding carboxylic acids is 3. The molecule has 244 valence electrons. The monoisotopic (exact) mass is 662 g/mol. The highest BCUT2D eigenvalue weighted by molar-refractivity contribution is 7.09. The molecule has 46 heavy (non-hydrogen) atoms. The van der Waals surface area contributed by atoms with Crippen molar-refractivity contribution in [2.75, 3.05) is 7.05 Å².